The van der Waals surface area contributed by atoms with Crippen LogP contribution >= 0.6 is 0 Å². The molecule has 3 heterocycles. The summed E-state index contributed by atoms with van der Waals surface area (Å²) in [4.78, 5) is 20.6. The van der Waals surface area contributed by atoms with Gasteiger partial charge in [-0.15, -0.1) is 0 Å². The molecule has 1 N–H and O–H groups in total. The summed E-state index contributed by atoms with van der Waals surface area (Å²) in [6.07, 6.45) is 5.28. The molecule has 1 aromatic carbocycles. The minimum Gasteiger partial charge on any atom is -0.361 e. The minimum absolute atomic E-state index is 0. The Labute approximate surface area is 156 Å². The summed E-state index contributed by atoms with van der Waals surface area (Å²) in [5, 5.41) is 1.22. The highest BCUT2D eigenvalue weighted by Gasteiger charge is 2.48. The number of ether oxygens (including phenoxy) is 1. The van der Waals surface area contributed by atoms with E-state index >= 15 is 0 Å². The molecule has 4 rings (SSSR count). The molecule has 1 unspecified atom stereocenters. The number of nitrogens with zero attached hydrogens (tertiary/aromatic N) is 2. The van der Waals surface area contributed by atoms with E-state index in [2.05, 4.69) is 36.0 Å². The van der Waals surface area contributed by atoms with Crippen LogP contribution in [0.3, 0.4) is 0 Å². The predicted octanol–water partition coefficient (Wildman–Crippen LogP) is 3.41. The SMILES string of the molecule is C.CC1CN(C(=O)CCc2c[nH]c3ccccc23)C2(CCN(C)CC2)O1. The number of piperidine rings is 1. The topological polar surface area (TPSA) is 48.6 Å². The molecule has 5 nitrogen and oxygen atoms in total. The number of aryl methyl sites for hydroxylation is 1. The summed E-state index contributed by atoms with van der Waals surface area (Å²) in [6, 6.07) is 8.26. The highest BCUT2D eigenvalue weighted by Crippen LogP contribution is 2.37. The molecular formula is C21H31N3O2. The van der Waals surface area contributed by atoms with Gasteiger partial charge in [-0.2, -0.15) is 0 Å². The van der Waals surface area contributed by atoms with Gasteiger partial charge < -0.3 is 19.5 Å². The number of rotatable bonds is 3. The summed E-state index contributed by atoms with van der Waals surface area (Å²) in [5.41, 5.74) is 1.98. The molecule has 0 bridgehead atoms. The van der Waals surface area contributed by atoms with Crippen molar-refractivity contribution in [2.24, 2.45) is 0 Å². The number of amides is 1. The second kappa shape index (κ2) is 7.41. The van der Waals surface area contributed by atoms with E-state index in [0.717, 1.165) is 44.4 Å². The number of fused-ring (bicyclic) bond motifs is 1. The Kier molecular flexibility index (Phi) is 5.39. The van der Waals surface area contributed by atoms with Crippen molar-refractivity contribution in [1.29, 1.82) is 0 Å². The van der Waals surface area contributed by atoms with Gasteiger partial charge in [0, 0.05) is 56.0 Å². The van der Waals surface area contributed by atoms with Crippen LogP contribution in [0, 0.1) is 0 Å². The van der Waals surface area contributed by atoms with Crippen LogP contribution in [0.5, 0.6) is 0 Å². The third kappa shape index (κ3) is 3.38. The van der Waals surface area contributed by atoms with Crippen molar-refractivity contribution in [2.45, 2.75) is 51.9 Å². The average molecular weight is 357 g/mol. The number of H-pyrrole nitrogens is 1. The van der Waals surface area contributed by atoms with Gasteiger partial charge in [-0.05, 0) is 32.0 Å². The molecule has 2 aliphatic rings. The van der Waals surface area contributed by atoms with Crippen LogP contribution in [0.25, 0.3) is 10.9 Å². The highest BCUT2D eigenvalue weighted by molar-refractivity contribution is 5.84. The molecule has 2 aliphatic heterocycles. The van der Waals surface area contributed by atoms with Crippen molar-refractivity contribution < 1.29 is 9.53 Å². The van der Waals surface area contributed by atoms with Crippen molar-refractivity contribution in [3.63, 3.8) is 0 Å². The molecule has 0 saturated carbocycles. The van der Waals surface area contributed by atoms with E-state index < -0.39 is 0 Å². The van der Waals surface area contributed by atoms with Gasteiger partial charge in [0.1, 0.15) is 5.72 Å². The number of para-hydroxylation sites is 1. The lowest BCUT2D eigenvalue weighted by atomic mass is 9.98. The smallest absolute Gasteiger partial charge is 0.225 e. The monoisotopic (exact) mass is 357 g/mol. The summed E-state index contributed by atoms with van der Waals surface area (Å²) >= 11 is 0. The van der Waals surface area contributed by atoms with Crippen LogP contribution in [0.15, 0.2) is 30.5 Å². The number of carbonyl (C=O) groups excluding carboxylic acids is 1. The molecule has 5 heteroatoms. The quantitative estimate of drug-likeness (QED) is 0.916. The number of carbonyl (C=O) groups is 1. The standard InChI is InChI=1S/C20H27N3O2.CH4/c1-15-14-23(20(25-15)9-11-22(2)12-10-20)19(24)8-7-16-13-21-18-6-4-3-5-17(16)18;/h3-6,13,15,21H,7-12,14H2,1-2H3;1H4. The van der Waals surface area contributed by atoms with Crippen molar-refractivity contribution in [3.8, 4) is 0 Å². The molecule has 142 valence electrons. The molecule has 1 aromatic heterocycles. The maximum absolute atomic E-state index is 13.0. The van der Waals surface area contributed by atoms with Crippen molar-refractivity contribution >= 4 is 16.8 Å². The van der Waals surface area contributed by atoms with E-state index in [9.17, 15) is 4.79 Å². The zero-order chi connectivity index (χ0) is 17.4. The minimum atomic E-state index is -0.372. The number of aromatic nitrogens is 1. The van der Waals surface area contributed by atoms with Crippen LogP contribution < -0.4 is 0 Å². The lowest BCUT2D eigenvalue weighted by Crippen LogP contribution is -2.54. The Balaban J connectivity index is 0.00000196. The van der Waals surface area contributed by atoms with E-state index in [-0.39, 0.29) is 25.2 Å². The van der Waals surface area contributed by atoms with E-state index in [1.807, 2.05) is 23.2 Å². The van der Waals surface area contributed by atoms with Gasteiger partial charge in [0.25, 0.3) is 0 Å². The summed E-state index contributed by atoms with van der Waals surface area (Å²) < 4.78 is 6.25. The third-order valence-electron chi connectivity index (χ3n) is 5.70. The largest absolute Gasteiger partial charge is 0.361 e. The molecular weight excluding hydrogens is 326 g/mol. The lowest BCUT2D eigenvalue weighted by Gasteiger charge is -2.42. The van der Waals surface area contributed by atoms with Crippen LogP contribution in [0.4, 0.5) is 0 Å². The molecule has 1 amide bonds. The molecule has 2 saturated heterocycles. The first-order valence-electron chi connectivity index (χ1n) is 9.29. The van der Waals surface area contributed by atoms with Crippen molar-refractivity contribution in [1.82, 2.24) is 14.8 Å². The first-order chi connectivity index (χ1) is 12.1. The number of hydrogen-bond acceptors (Lipinski definition) is 3. The van der Waals surface area contributed by atoms with Crippen LogP contribution in [0.1, 0.15) is 39.2 Å². The molecule has 1 spiro atoms. The molecule has 2 fully saturated rings. The Morgan fingerprint density at radius 2 is 2.04 bits per heavy atom. The maximum Gasteiger partial charge on any atom is 0.225 e. The first kappa shape index (κ1) is 18.9. The predicted molar refractivity (Wildman–Crippen MR) is 105 cm³/mol. The number of hydrogen-bond donors (Lipinski definition) is 1. The Bertz CT molecular complexity index is 761. The van der Waals surface area contributed by atoms with E-state index in [0.29, 0.717) is 6.42 Å². The van der Waals surface area contributed by atoms with Gasteiger partial charge in [-0.1, -0.05) is 25.6 Å². The number of nitrogens with one attached hydrogen (secondary N) is 1. The van der Waals surface area contributed by atoms with Gasteiger partial charge in [-0.3, -0.25) is 4.79 Å². The highest BCUT2D eigenvalue weighted by atomic mass is 16.5. The Morgan fingerprint density at radius 3 is 2.81 bits per heavy atom. The zero-order valence-electron chi connectivity index (χ0n) is 15.1. The van der Waals surface area contributed by atoms with E-state index in [1.165, 1.54) is 10.9 Å². The fourth-order valence-electron chi connectivity index (χ4n) is 4.30. The fraction of sp³-hybridized carbons (Fsp3) is 0.571. The fourth-order valence-corrected chi connectivity index (χ4v) is 4.30. The summed E-state index contributed by atoms with van der Waals surface area (Å²) in [5.74, 6) is 0.221. The summed E-state index contributed by atoms with van der Waals surface area (Å²) in [7, 11) is 2.13. The number of benzene rings is 1. The van der Waals surface area contributed by atoms with E-state index in [1.54, 1.807) is 0 Å². The van der Waals surface area contributed by atoms with Crippen molar-refractivity contribution in [3.05, 3.63) is 36.0 Å². The van der Waals surface area contributed by atoms with Gasteiger partial charge >= 0.3 is 0 Å². The normalized spacial score (nSPS) is 22.7. The van der Waals surface area contributed by atoms with Crippen LogP contribution in [-0.2, 0) is 16.0 Å². The number of aromatic amines is 1. The summed E-state index contributed by atoms with van der Waals surface area (Å²) in [6.45, 7) is 4.77. The Morgan fingerprint density at radius 1 is 1.31 bits per heavy atom. The van der Waals surface area contributed by atoms with Gasteiger partial charge in [0.15, 0.2) is 0 Å². The van der Waals surface area contributed by atoms with Gasteiger partial charge in [-0.25, -0.2) is 0 Å². The van der Waals surface area contributed by atoms with Crippen LogP contribution in [0.2, 0.25) is 0 Å². The number of likely N-dealkylation sites (tertiary alicyclic amines) is 1. The van der Waals surface area contributed by atoms with Crippen molar-refractivity contribution in [2.75, 3.05) is 26.7 Å². The average Bonchev–Trinajstić information content (AvgIpc) is 3.17. The van der Waals surface area contributed by atoms with Gasteiger partial charge in [0.05, 0.1) is 6.10 Å². The maximum atomic E-state index is 13.0. The molecule has 2 aromatic rings. The van der Waals surface area contributed by atoms with E-state index in [4.69, 9.17) is 4.74 Å². The second-order valence-electron chi connectivity index (χ2n) is 7.54. The molecule has 0 aliphatic carbocycles. The molecule has 26 heavy (non-hydrogen) atoms. The molecule has 1 atom stereocenters. The molecule has 0 radical (unpaired) electrons. The Hall–Kier alpha value is -1.85. The zero-order valence-corrected chi connectivity index (χ0v) is 15.1. The van der Waals surface area contributed by atoms with Gasteiger partial charge in [0.2, 0.25) is 5.91 Å². The lowest BCUT2D eigenvalue weighted by molar-refractivity contribution is -0.161. The van der Waals surface area contributed by atoms with Crippen LogP contribution in [-0.4, -0.2) is 59.2 Å². The second-order valence-corrected chi connectivity index (χ2v) is 7.54. The first-order valence-corrected chi connectivity index (χ1v) is 9.29. The third-order valence-corrected chi connectivity index (χ3v) is 5.70.